The fourth-order valence-corrected chi connectivity index (χ4v) is 8.29. The number of aromatic nitrogens is 1. The highest BCUT2D eigenvalue weighted by Gasteiger charge is 2.23. The van der Waals surface area contributed by atoms with Crippen molar-refractivity contribution in [3.63, 3.8) is 0 Å². The normalized spacial score (nSPS) is 12.8. The predicted octanol–water partition coefficient (Wildman–Crippen LogP) is 11.7. The van der Waals surface area contributed by atoms with E-state index in [2.05, 4.69) is 138 Å². The molecule has 3 aromatic heterocycles. The van der Waals surface area contributed by atoms with Crippen LogP contribution in [-0.4, -0.2) is 4.40 Å². The van der Waals surface area contributed by atoms with Gasteiger partial charge in [-0.3, -0.25) is 0 Å². The minimum absolute atomic E-state index is 0.925. The molecule has 0 aliphatic heterocycles. The molecular weight excluding hydrogens is 546 g/mol. The van der Waals surface area contributed by atoms with Crippen LogP contribution in [0.15, 0.2) is 144 Å². The standard InChI is InChI=1S/C43H25NO/c1-2-11-30-29(10-1)31-12-3-5-17-37(31)44-38-22-20-25(28-14-8-16-35-32-13-4-6-18-39(32)45-43(28)35)24-36(38)34-21-19-27-23-26-9-7-15-33(30)40(26)41(27)42(34)44/h1-22,24H,23H2. The second kappa shape index (κ2) is 8.40. The lowest BCUT2D eigenvalue weighted by Gasteiger charge is -2.06. The second-order valence-electron chi connectivity index (χ2n) is 12.4. The van der Waals surface area contributed by atoms with Crippen molar-refractivity contribution < 1.29 is 4.42 Å². The number of rotatable bonds is 1. The Balaban J connectivity index is 1.38. The zero-order valence-corrected chi connectivity index (χ0v) is 24.3. The molecule has 7 aromatic carbocycles. The summed E-state index contributed by atoms with van der Waals surface area (Å²) in [5, 5.41) is 12.7. The predicted molar refractivity (Wildman–Crippen MR) is 189 cm³/mol. The van der Waals surface area contributed by atoms with Gasteiger partial charge in [-0.25, -0.2) is 0 Å². The van der Waals surface area contributed by atoms with E-state index in [-0.39, 0.29) is 0 Å². The molecule has 0 fully saturated rings. The molecule has 11 rings (SSSR count). The molecule has 0 radical (unpaired) electrons. The smallest absolute Gasteiger partial charge is 0.143 e. The summed E-state index contributed by atoms with van der Waals surface area (Å²) in [5.74, 6) is 0. The number of hydrogen-bond donors (Lipinski definition) is 0. The molecule has 3 heterocycles. The van der Waals surface area contributed by atoms with Crippen LogP contribution in [0.1, 0.15) is 11.1 Å². The van der Waals surface area contributed by atoms with Gasteiger partial charge in [-0.15, -0.1) is 0 Å². The van der Waals surface area contributed by atoms with Crippen LogP contribution in [0.2, 0.25) is 0 Å². The Morgan fingerprint density at radius 2 is 1.13 bits per heavy atom. The molecule has 0 bridgehead atoms. The molecule has 0 unspecified atom stereocenters. The topological polar surface area (TPSA) is 17.6 Å². The molecular formula is C43H25NO. The number of fused-ring (bicyclic) bond motifs is 11. The lowest BCUT2D eigenvalue weighted by atomic mass is 9.99. The van der Waals surface area contributed by atoms with E-state index in [4.69, 9.17) is 4.42 Å². The highest BCUT2D eigenvalue weighted by molar-refractivity contribution is 6.27. The van der Waals surface area contributed by atoms with Crippen molar-refractivity contribution in [3.8, 4) is 11.1 Å². The van der Waals surface area contributed by atoms with E-state index in [1.165, 1.54) is 76.3 Å². The van der Waals surface area contributed by atoms with Crippen molar-refractivity contribution in [3.05, 3.63) is 151 Å². The van der Waals surface area contributed by atoms with Crippen LogP contribution >= 0.6 is 0 Å². The lowest BCUT2D eigenvalue weighted by Crippen LogP contribution is -1.87. The maximum atomic E-state index is 6.48. The van der Waals surface area contributed by atoms with Crippen LogP contribution in [0.5, 0.6) is 0 Å². The van der Waals surface area contributed by atoms with E-state index in [1.807, 2.05) is 6.07 Å². The van der Waals surface area contributed by atoms with Gasteiger partial charge in [0.1, 0.15) is 11.2 Å². The van der Waals surface area contributed by atoms with Crippen LogP contribution in [0, 0.1) is 0 Å². The van der Waals surface area contributed by atoms with Crippen LogP contribution in [-0.2, 0) is 6.42 Å². The fraction of sp³-hybridized carbons (Fsp3) is 0.0233. The van der Waals surface area contributed by atoms with Crippen molar-refractivity contribution >= 4 is 81.6 Å². The summed E-state index contributed by atoms with van der Waals surface area (Å²) < 4.78 is 9.02. The summed E-state index contributed by atoms with van der Waals surface area (Å²) in [6, 6.07) is 51.3. The average molecular weight is 572 g/mol. The molecule has 0 saturated heterocycles. The summed E-state index contributed by atoms with van der Waals surface area (Å²) in [4.78, 5) is 0. The third kappa shape index (κ3) is 2.99. The first-order valence-corrected chi connectivity index (χ1v) is 15.7. The summed E-state index contributed by atoms with van der Waals surface area (Å²) in [7, 11) is 0. The van der Waals surface area contributed by atoms with E-state index in [0.717, 1.165) is 33.9 Å². The molecule has 45 heavy (non-hydrogen) atoms. The van der Waals surface area contributed by atoms with Crippen molar-refractivity contribution in [1.82, 2.24) is 4.40 Å². The van der Waals surface area contributed by atoms with E-state index in [9.17, 15) is 0 Å². The fourth-order valence-electron chi connectivity index (χ4n) is 8.29. The van der Waals surface area contributed by atoms with Gasteiger partial charge >= 0.3 is 0 Å². The first-order valence-electron chi connectivity index (χ1n) is 15.7. The molecule has 0 spiro atoms. The monoisotopic (exact) mass is 571 g/mol. The Morgan fingerprint density at radius 1 is 0.444 bits per heavy atom. The minimum Gasteiger partial charge on any atom is -0.455 e. The van der Waals surface area contributed by atoms with E-state index < -0.39 is 0 Å². The van der Waals surface area contributed by atoms with Gasteiger partial charge < -0.3 is 8.82 Å². The largest absolute Gasteiger partial charge is 0.455 e. The molecule has 208 valence electrons. The molecule has 0 saturated carbocycles. The number of nitrogens with zero attached hydrogens (tertiary/aromatic N) is 1. The number of benzene rings is 7. The van der Waals surface area contributed by atoms with Crippen LogP contribution in [0.25, 0.3) is 92.7 Å². The molecule has 1 aliphatic carbocycles. The number of furan rings is 1. The highest BCUT2D eigenvalue weighted by Crippen LogP contribution is 2.45. The van der Waals surface area contributed by atoms with Gasteiger partial charge in [0.15, 0.2) is 0 Å². The quantitative estimate of drug-likeness (QED) is 0.192. The maximum absolute atomic E-state index is 6.48. The first kappa shape index (κ1) is 23.6. The zero-order valence-electron chi connectivity index (χ0n) is 24.3. The zero-order chi connectivity index (χ0) is 29.2. The highest BCUT2D eigenvalue weighted by atomic mass is 16.3. The van der Waals surface area contributed by atoms with E-state index in [0.29, 0.717) is 0 Å². The maximum Gasteiger partial charge on any atom is 0.143 e. The van der Waals surface area contributed by atoms with Crippen molar-refractivity contribution in [2.45, 2.75) is 6.42 Å². The van der Waals surface area contributed by atoms with Crippen LogP contribution < -0.4 is 0 Å². The third-order valence-electron chi connectivity index (χ3n) is 10.2. The molecule has 10 aromatic rings. The van der Waals surface area contributed by atoms with Gasteiger partial charge in [0.25, 0.3) is 0 Å². The van der Waals surface area contributed by atoms with E-state index in [1.54, 1.807) is 0 Å². The Kier molecular flexibility index (Phi) is 4.40. The van der Waals surface area contributed by atoms with E-state index >= 15 is 0 Å². The number of hydrogen-bond acceptors (Lipinski definition) is 1. The van der Waals surface area contributed by atoms with Crippen LogP contribution in [0.3, 0.4) is 0 Å². The summed E-state index contributed by atoms with van der Waals surface area (Å²) in [5.41, 5.74) is 10.7. The summed E-state index contributed by atoms with van der Waals surface area (Å²) in [6.45, 7) is 0. The molecule has 1 aliphatic rings. The summed E-state index contributed by atoms with van der Waals surface area (Å²) >= 11 is 0. The van der Waals surface area contributed by atoms with Gasteiger partial charge in [0.2, 0.25) is 0 Å². The van der Waals surface area contributed by atoms with Gasteiger partial charge in [0.05, 0.1) is 16.6 Å². The molecule has 0 N–H and O–H groups in total. The molecule has 0 amide bonds. The van der Waals surface area contributed by atoms with Crippen molar-refractivity contribution in [2.24, 2.45) is 0 Å². The molecule has 0 atom stereocenters. The average Bonchev–Trinajstić information content (AvgIpc) is 3.77. The lowest BCUT2D eigenvalue weighted by molar-refractivity contribution is 0.670. The number of para-hydroxylation sites is 3. The summed E-state index contributed by atoms with van der Waals surface area (Å²) in [6.07, 6.45) is 0.957. The molecule has 2 heteroatoms. The second-order valence-corrected chi connectivity index (χ2v) is 12.4. The van der Waals surface area contributed by atoms with Gasteiger partial charge in [-0.05, 0) is 68.9 Å². The van der Waals surface area contributed by atoms with Gasteiger partial charge in [0, 0.05) is 37.9 Å². The Bertz CT molecular complexity index is 2960. The SMILES string of the molecule is c1ccc2c(c1)oc1c(-c3ccc4c(c3)c3ccc5c6c7c(cccc7c7ccccc7c7ccccc7n4c36)C5)cccc12. The van der Waals surface area contributed by atoms with Crippen molar-refractivity contribution in [2.75, 3.05) is 0 Å². The van der Waals surface area contributed by atoms with Gasteiger partial charge in [-0.1, -0.05) is 115 Å². The Hall–Kier alpha value is -5.86. The third-order valence-corrected chi connectivity index (χ3v) is 10.2. The van der Waals surface area contributed by atoms with Crippen molar-refractivity contribution in [1.29, 1.82) is 0 Å². The molecule has 2 nitrogen and oxygen atoms in total. The van der Waals surface area contributed by atoms with Crippen LogP contribution in [0.4, 0.5) is 0 Å². The Labute approximate surface area is 258 Å². The first-order chi connectivity index (χ1) is 22.3. The minimum atomic E-state index is 0.925. The van der Waals surface area contributed by atoms with Gasteiger partial charge in [-0.2, -0.15) is 0 Å². The Morgan fingerprint density at radius 3 is 2.04 bits per heavy atom.